The lowest BCUT2D eigenvalue weighted by molar-refractivity contribution is 0.572. The number of aryl methyl sites for hydroxylation is 1. The van der Waals surface area contributed by atoms with E-state index < -0.39 is 0 Å². The third-order valence-corrected chi connectivity index (χ3v) is 4.35. The Morgan fingerprint density at radius 3 is 2.62 bits per heavy atom. The van der Waals surface area contributed by atoms with Crippen molar-refractivity contribution < 1.29 is 4.42 Å². The second-order valence-corrected chi connectivity index (χ2v) is 6.83. The molecule has 0 fully saturated rings. The van der Waals surface area contributed by atoms with Gasteiger partial charge in [-0.3, -0.25) is 4.99 Å². The maximum Gasteiger partial charge on any atom is 0.226 e. The zero-order valence-electron chi connectivity index (χ0n) is 14.8. The maximum absolute atomic E-state index is 5.58. The Bertz CT molecular complexity index is 887. The molecule has 0 atom stereocenters. The minimum absolute atomic E-state index is 0.535. The third-order valence-electron chi connectivity index (χ3n) is 3.86. The Hall–Kier alpha value is -2.60. The number of nitrogens with zero attached hydrogens (tertiary/aromatic N) is 2. The molecule has 1 aromatic heterocycles. The average Bonchev–Trinajstić information content (AvgIpc) is 3.11. The molecule has 134 valence electrons. The monoisotopic (exact) mass is 412 g/mol. The topological polar surface area (TPSA) is 62.5 Å². The van der Waals surface area contributed by atoms with Crippen molar-refractivity contribution in [1.29, 1.82) is 0 Å². The number of hydrogen-bond donors (Lipinski definition) is 2. The molecule has 0 radical (unpaired) electrons. The van der Waals surface area contributed by atoms with E-state index in [0.29, 0.717) is 24.9 Å². The molecule has 3 rings (SSSR count). The number of guanidine groups is 1. The predicted molar refractivity (Wildman–Crippen MR) is 108 cm³/mol. The first-order chi connectivity index (χ1) is 12.6. The zero-order chi connectivity index (χ0) is 18.4. The van der Waals surface area contributed by atoms with Crippen molar-refractivity contribution in [2.75, 3.05) is 7.05 Å². The van der Waals surface area contributed by atoms with E-state index in [2.05, 4.69) is 55.6 Å². The molecule has 0 aliphatic carbocycles. The number of aliphatic imine (C=N–C) groups is 1. The van der Waals surface area contributed by atoms with Crippen LogP contribution in [0.25, 0.3) is 11.5 Å². The van der Waals surface area contributed by atoms with E-state index in [-0.39, 0.29) is 0 Å². The van der Waals surface area contributed by atoms with Gasteiger partial charge in [-0.1, -0.05) is 45.8 Å². The van der Waals surface area contributed by atoms with Crippen LogP contribution in [0.5, 0.6) is 0 Å². The molecule has 0 bridgehead atoms. The largest absolute Gasteiger partial charge is 0.444 e. The summed E-state index contributed by atoms with van der Waals surface area (Å²) in [5, 5.41) is 6.54. The van der Waals surface area contributed by atoms with Crippen molar-refractivity contribution in [3.05, 3.63) is 76.1 Å². The first-order valence-electron chi connectivity index (χ1n) is 8.34. The highest BCUT2D eigenvalue weighted by Crippen LogP contribution is 2.19. The van der Waals surface area contributed by atoms with E-state index in [1.807, 2.05) is 36.4 Å². The van der Waals surface area contributed by atoms with Gasteiger partial charge in [0.2, 0.25) is 5.89 Å². The Balaban J connectivity index is 1.55. The molecule has 0 unspecified atom stereocenters. The second kappa shape index (κ2) is 8.67. The van der Waals surface area contributed by atoms with Crippen LogP contribution >= 0.6 is 15.9 Å². The molecule has 0 aliphatic rings. The number of aromatic nitrogens is 1. The highest BCUT2D eigenvalue weighted by molar-refractivity contribution is 9.10. The number of oxazole rings is 1. The third kappa shape index (κ3) is 4.95. The van der Waals surface area contributed by atoms with Crippen LogP contribution in [0.1, 0.15) is 16.8 Å². The number of nitrogens with one attached hydrogen (secondary N) is 2. The van der Waals surface area contributed by atoms with E-state index in [9.17, 15) is 0 Å². The predicted octanol–water partition coefficient (Wildman–Crippen LogP) is 4.28. The summed E-state index contributed by atoms with van der Waals surface area (Å²) >= 11 is 3.48. The number of rotatable bonds is 5. The smallest absolute Gasteiger partial charge is 0.226 e. The summed E-state index contributed by atoms with van der Waals surface area (Å²) in [4.78, 5) is 8.77. The quantitative estimate of drug-likeness (QED) is 0.484. The van der Waals surface area contributed by atoms with Gasteiger partial charge in [0, 0.05) is 23.6 Å². The fraction of sp³-hybridized carbons (Fsp3) is 0.200. The van der Waals surface area contributed by atoms with Gasteiger partial charge in [-0.2, -0.15) is 0 Å². The van der Waals surface area contributed by atoms with Crippen LogP contribution in [0.3, 0.4) is 0 Å². The SMILES string of the molecule is CN=C(NCc1cccc(Br)c1)NCc1coc(-c2ccc(C)cc2)n1. The van der Waals surface area contributed by atoms with Crippen LogP contribution in [0.2, 0.25) is 0 Å². The molecule has 0 spiro atoms. The van der Waals surface area contributed by atoms with Gasteiger partial charge in [0.1, 0.15) is 6.26 Å². The number of hydrogen-bond acceptors (Lipinski definition) is 3. The highest BCUT2D eigenvalue weighted by Gasteiger charge is 2.07. The van der Waals surface area contributed by atoms with Gasteiger partial charge in [-0.15, -0.1) is 0 Å². The minimum atomic E-state index is 0.535. The molecular formula is C20H21BrN4O. The summed E-state index contributed by atoms with van der Waals surface area (Å²) < 4.78 is 6.64. The molecule has 1 heterocycles. The molecule has 0 aliphatic heterocycles. The number of halogens is 1. The summed E-state index contributed by atoms with van der Waals surface area (Å²) in [6, 6.07) is 16.3. The molecular weight excluding hydrogens is 392 g/mol. The van der Waals surface area contributed by atoms with Gasteiger partial charge in [0.05, 0.1) is 12.2 Å². The lowest BCUT2D eigenvalue weighted by Gasteiger charge is -2.11. The molecule has 6 heteroatoms. The first kappa shape index (κ1) is 18.2. The summed E-state index contributed by atoms with van der Waals surface area (Å²) in [6.45, 7) is 3.28. The maximum atomic E-state index is 5.58. The molecule has 2 N–H and O–H groups in total. The fourth-order valence-electron chi connectivity index (χ4n) is 2.44. The van der Waals surface area contributed by atoms with Crippen LogP contribution in [0, 0.1) is 6.92 Å². The van der Waals surface area contributed by atoms with Gasteiger partial charge in [-0.05, 0) is 36.8 Å². The molecule has 0 saturated carbocycles. The Morgan fingerprint density at radius 1 is 1.12 bits per heavy atom. The van der Waals surface area contributed by atoms with Gasteiger partial charge < -0.3 is 15.1 Å². The van der Waals surface area contributed by atoms with Crippen molar-refractivity contribution in [1.82, 2.24) is 15.6 Å². The van der Waals surface area contributed by atoms with Crippen LogP contribution in [0.15, 0.2) is 68.7 Å². The summed E-state index contributed by atoms with van der Waals surface area (Å²) in [5.41, 5.74) is 4.18. The van der Waals surface area contributed by atoms with Crippen molar-refractivity contribution in [3.8, 4) is 11.5 Å². The van der Waals surface area contributed by atoms with Crippen molar-refractivity contribution >= 4 is 21.9 Å². The standard InChI is InChI=1S/C20H21BrN4O/c1-14-6-8-16(9-7-14)19-25-18(13-26-19)12-24-20(22-2)23-11-15-4-3-5-17(21)10-15/h3-10,13H,11-12H2,1-2H3,(H2,22,23,24). The van der Waals surface area contributed by atoms with Crippen LogP contribution in [-0.4, -0.2) is 18.0 Å². The molecule has 0 saturated heterocycles. The fourth-order valence-corrected chi connectivity index (χ4v) is 2.89. The lowest BCUT2D eigenvalue weighted by Crippen LogP contribution is -2.36. The summed E-state index contributed by atoms with van der Waals surface area (Å²) in [7, 11) is 1.75. The molecule has 2 aromatic carbocycles. The van der Waals surface area contributed by atoms with Crippen molar-refractivity contribution in [3.63, 3.8) is 0 Å². The van der Waals surface area contributed by atoms with E-state index >= 15 is 0 Å². The molecule has 5 nitrogen and oxygen atoms in total. The van der Waals surface area contributed by atoms with Gasteiger partial charge in [0.25, 0.3) is 0 Å². The number of benzene rings is 2. The van der Waals surface area contributed by atoms with Crippen LogP contribution in [-0.2, 0) is 13.1 Å². The molecule has 3 aromatic rings. The Kier molecular flexibility index (Phi) is 6.07. The van der Waals surface area contributed by atoms with Crippen LogP contribution in [0.4, 0.5) is 0 Å². The van der Waals surface area contributed by atoms with E-state index in [1.165, 1.54) is 11.1 Å². The van der Waals surface area contributed by atoms with E-state index in [0.717, 1.165) is 15.7 Å². The van der Waals surface area contributed by atoms with Gasteiger partial charge >= 0.3 is 0 Å². The summed E-state index contributed by atoms with van der Waals surface area (Å²) in [5.74, 6) is 1.34. The Morgan fingerprint density at radius 2 is 1.88 bits per heavy atom. The average molecular weight is 413 g/mol. The van der Waals surface area contributed by atoms with E-state index in [1.54, 1.807) is 13.3 Å². The van der Waals surface area contributed by atoms with Gasteiger partial charge in [-0.25, -0.2) is 4.98 Å². The van der Waals surface area contributed by atoms with Crippen molar-refractivity contribution in [2.45, 2.75) is 20.0 Å². The highest BCUT2D eigenvalue weighted by atomic mass is 79.9. The van der Waals surface area contributed by atoms with E-state index in [4.69, 9.17) is 4.42 Å². The summed E-state index contributed by atoms with van der Waals surface area (Å²) in [6.07, 6.45) is 1.67. The van der Waals surface area contributed by atoms with Gasteiger partial charge in [0.15, 0.2) is 5.96 Å². The molecule has 26 heavy (non-hydrogen) atoms. The minimum Gasteiger partial charge on any atom is -0.444 e. The normalized spacial score (nSPS) is 11.4. The zero-order valence-corrected chi connectivity index (χ0v) is 16.4. The molecule has 0 amide bonds. The van der Waals surface area contributed by atoms with Crippen LogP contribution < -0.4 is 10.6 Å². The first-order valence-corrected chi connectivity index (χ1v) is 9.14. The van der Waals surface area contributed by atoms with Crippen molar-refractivity contribution in [2.24, 2.45) is 4.99 Å². The second-order valence-electron chi connectivity index (χ2n) is 5.92. The Labute approximate surface area is 161 Å². The lowest BCUT2D eigenvalue weighted by atomic mass is 10.1.